The number of ether oxygens (including phenoxy) is 1. The average Bonchev–Trinajstić information content (AvgIpc) is 3.09. The largest absolute Gasteiger partial charge is 0.449 e. The molecule has 26 heavy (non-hydrogen) atoms. The maximum Gasteiger partial charge on any atom is 0.338 e. The van der Waals surface area contributed by atoms with Crippen molar-refractivity contribution < 1.29 is 19.1 Å². The zero-order valence-electron chi connectivity index (χ0n) is 14.4. The lowest BCUT2D eigenvalue weighted by Gasteiger charge is -2.17. The lowest BCUT2D eigenvalue weighted by atomic mass is 9.90. The highest BCUT2D eigenvalue weighted by Crippen LogP contribution is 2.24. The minimum atomic E-state index is -0.999. The molecule has 0 aliphatic heterocycles. The standard InChI is InChI=1S/C19H20N2O4S/c1-11(17(23)21-18-15(16(20)22)8-9-26-18)25-19(24)14-7-6-12-4-2-3-5-13(12)10-14/h6-11H,2-5H2,1H3,(H2,20,22)(H,21,23)/t11-/m0/s1. The first-order valence-electron chi connectivity index (χ1n) is 8.46. The summed E-state index contributed by atoms with van der Waals surface area (Å²) < 4.78 is 5.28. The van der Waals surface area contributed by atoms with Crippen molar-refractivity contribution in [1.29, 1.82) is 0 Å². The molecule has 136 valence electrons. The van der Waals surface area contributed by atoms with Crippen LogP contribution in [0, 0.1) is 0 Å². The Kier molecular flexibility index (Phi) is 5.37. The Bertz CT molecular complexity index is 859. The van der Waals surface area contributed by atoms with Crippen LogP contribution in [0.15, 0.2) is 29.6 Å². The fourth-order valence-corrected chi connectivity index (χ4v) is 3.75. The van der Waals surface area contributed by atoms with Crippen molar-refractivity contribution in [1.82, 2.24) is 0 Å². The number of aryl methyl sites for hydroxylation is 2. The highest BCUT2D eigenvalue weighted by molar-refractivity contribution is 7.14. The second kappa shape index (κ2) is 7.70. The molecule has 2 aromatic rings. The number of carbonyl (C=O) groups excluding carboxylic acids is 3. The van der Waals surface area contributed by atoms with Crippen LogP contribution in [0.3, 0.4) is 0 Å². The average molecular weight is 372 g/mol. The van der Waals surface area contributed by atoms with Gasteiger partial charge in [-0.25, -0.2) is 4.79 Å². The van der Waals surface area contributed by atoms with Crippen LogP contribution in [0.5, 0.6) is 0 Å². The van der Waals surface area contributed by atoms with Gasteiger partial charge in [-0.15, -0.1) is 11.3 Å². The highest BCUT2D eigenvalue weighted by Gasteiger charge is 2.22. The normalized spacial score (nSPS) is 14.2. The molecular formula is C19H20N2O4S. The third-order valence-electron chi connectivity index (χ3n) is 4.40. The van der Waals surface area contributed by atoms with E-state index in [0.29, 0.717) is 10.6 Å². The zero-order chi connectivity index (χ0) is 18.7. The quantitative estimate of drug-likeness (QED) is 0.789. The molecular weight excluding hydrogens is 352 g/mol. The summed E-state index contributed by atoms with van der Waals surface area (Å²) >= 11 is 1.18. The summed E-state index contributed by atoms with van der Waals surface area (Å²) in [6, 6.07) is 7.08. The maximum atomic E-state index is 12.3. The molecule has 1 atom stereocenters. The smallest absolute Gasteiger partial charge is 0.338 e. The van der Waals surface area contributed by atoms with Crippen molar-refractivity contribution >= 4 is 34.1 Å². The molecule has 2 amide bonds. The predicted octanol–water partition coefficient (Wildman–Crippen LogP) is 2.91. The Hall–Kier alpha value is -2.67. The van der Waals surface area contributed by atoms with Crippen molar-refractivity contribution in [2.24, 2.45) is 5.73 Å². The van der Waals surface area contributed by atoms with Crippen LogP contribution in [0.25, 0.3) is 0 Å². The van der Waals surface area contributed by atoms with Crippen molar-refractivity contribution in [3.63, 3.8) is 0 Å². The Morgan fingerprint density at radius 2 is 1.88 bits per heavy atom. The van der Waals surface area contributed by atoms with Gasteiger partial charge >= 0.3 is 5.97 Å². The van der Waals surface area contributed by atoms with Crippen LogP contribution in [0.2, 0.25) is 0 Å². The molecule has 0 saturated heterocycles. The fourth-order valence-electron chi connectivity index (χ4n) is 2.96. The highest BCUT2D eigenvalue weighted by atomic mass is 32.1. The fraction of sp³-hybridized carbons (Fsp3) is 0.316. The molecule has 3 N–H and O–H groups in total. The molecule has 0 unspecified atom stereocenters. The van der Waals surface area contributed by atoms with Crippen LogP contribution < -0.4 is 11.1 Å². The Morgan fingerprint density at radius 3 is 2.62 bits per heavy atom. The van der Waals surface area contributed by atoms with Gasteiger partial charge in [-0.05, 0) is 67.3 Å². The van der Waals surface area contributed by atoms with Gasteiger partial charge in [-0.1, -0.05) is 6.07 Å². The zero-order valence-corrected chi connectivity index (χ0v) is 15.2. The van der Waals surface area contributed by atoms with Crippen molar-refractivity contribution in [2.75, 3.05) is 5.32 Å². The third-order valence-corrected chi connectivity index (χ3v) is 5.23. The minimum absolute atomic E-state index is 0.233. The van der Waals surface area contributed by atoms with Gasteiger partial charge in [-0.3, -0.25) is 9.59 Å². The molecule has 1 aromatic carbocycles. The van der Waals surface area contributed by atoms with E-state index in [-0.39, 0.29) is 5.56 Å². The number of carbonyl (C=O) groups is 3. The van der Waals surface area contributed by atoms with Crippen LogP contribution in [-0.2, 0) is 22.4 Å². The van der Waals surface area contributed by atoms with E-state index in [1.807, 2.05) is 12.1 Å². The van der Waals surface area contributed by atoms with Gasteiger partial charge in [0, 0.05) is 0 Å². The summed E-state index contributed by atoms with van der Waals surface area (Å²) in [5.41, 5.74) is 8.38. The number of esters is 1. The van der Waals surface area contributed by atoms with E-state index in [2.05, 4.69) is 5.32 Å². The van der Waals surface area contributed by atoms with E-state index >= 15 is 0 Å². The molecule has 1 aliphatic rings. The molecule has 3 rings (SSSR count). The molecule has 1 aliphatic carbocycles. The third kappa shape index (κ3) is 3.94. The summed E-state index contributed by atoms with van der Waals surface area (Å²) in [7, 11) is 0. The maximum absolute atomic E-state index is 12.3. The van der Waals surface area contributed by atoms with Crippen LogP contribution >= 0.6 is 11.3 Å². The number of nitrogens with two attached hydrogens (primary N) is 1. The molecule has 7 heteroatoms. The summed E-state index contributed by atoms with van der Waals surface area (Å²) in [6.45, 7) is 1.49. The number of hydrogen-bond acceptors (Lipinski definition) is 5. The second-order valence-electron chi connectivity index (χ2n) is 6.26. The molecule has 0 spiro atoms. The Balaban J connectivity index is 1.64. The van der Waals surface area contributed by atoms with E-state index in [0.717, 1.165) is 19.3 Å². The second-order valence-corrected chi connectivity index (χ2v) is 7.17. The van der Waals surface area contributed by atoms with Crippen LogP contribution in [0.4, 0.5) is 5.00 Å². The SMILES string of the molecule is C[C@H](OC(=O)c1ccc2c(c1)CCCC2)C(=O)Nc1sccc1C(N)=O. The summed E-state index contributed by atoms with van der Waals surface area (Å²) in [6.07, 6.45) is 3.28. The number of primary amides is 1. The minimum Gasteiger partial charge on any atom is -0.449 e. The van der Waals surface area contributed by atoms with E-state index in [9.17, 15) is 14.4 Å². The van der Waals surface area contributed by atoms with Crippen molar-refractivity contribution in [3.8, 4) is 0 Å². The van der Waals surface area contributed by atoms with E-state index in [1.165, 1.54) is 41.9 Å². The Morgan fingerprint density at radius 1 is 1.15 bits per heavy atom. The van der Waals surface area contributed by atoms with E-state index < -0.39 is 23.9 Å². The molecule has 0 saturated carbocycles. The molecule has 0 radical (unpaired) electrons. The van der Waals surface area contributed by atoms with E-state index in [1.54, 1.807) is 11.4 Å². The molecule has 1 aromatic heterocycles. The number of thiophene rings is 1. The first kappa shape index (κ1) is 18.1. The van der Waals surface area contributed by atoms with Gasteiger partial charge in [0.1, 0.15) is 5.00 Å². The number of hydrogen-bond donors (Lipinski definition) is 2. The number of anilines is 1. The van der Waals surface area contributed by atoms with Gasteiger partial charge in [0.15, 0.2) is 6.10 Å². The van der Waals surface area contributed by atoms with Gasteiger partial charge in [-0.2, -0.15) is 0 Å². The first-order chi connectivity index (χ1) is 12.5. The van der Waals surface area contributed by atoms with Crippen LogP contribution in [-0.4, -0.2) is 23.9 Å². The summed E-state index contributed by atoms with van der Waals surface area (Å²) in [5, 5.41) is 4.58. The van der Waals surface area contributed by atoms with E-state index in [4.69, 9.17) is 10.5 Å². The van der Waals surface area contributed by atoms with Gasteiger partial charge in [0.25, 0.3) is 11.8 Å². The lowest BCUT2D eigenvalue weighted by Crippen LogP contribution is -2.30. The number of amides is 2. The van der Waals surface area contributed by atoms with Crippen LogP contribution in [0.1, 0.15) is 51.6 Å². The lowest BCUT2D eigenvalue weighted by molar-refractivity contribution is -0.123. The molecule has 0 fully saturated rings. The number of rotatable bonds is 5. The Labute approximate surface area is 155 Å². The topological polar surface area (TPSA) is 98.5 Å². The summed E-state index contributed by atoms with van der Waals surface area (Å²) in [4.78, 5) is 35.9. The molecule has 6 nitrogen and oxygen atoms in total. The number of benzene rings is 1. The predicted molar refractivity (Wildman–Crippen MR) is 99.4 cm³/mol. The molecule has 0 bridgehead atoms. The number of fused-ring (bicyclic) bond motifs is 1. The van der Waals surface area contributed by atoms with Crippen molar-refractivity contribution in [3.05, 3.63) is 51.9 Å². The monoisotopic (exact) mass is 372 g/mol. The van der Waals surface area contributed by atoms with Gasteiger partial charge in [0.05, 0.1) is 11.1 Å². The summed E-state index contributed by atoms with van der Waals surface area (Å²) in [5.74, 6) is -1.68. The van der Waals surface area contributed by atoms with Gasteiger partial charge < -0.3 is 15.8 Å². The number of nitrogens with one attached hydrogen (secondary N) is 1. The van der Waals surface area contributed by atoms with Gasteiger partial charge in [0.2, 0.25) is 0 Å². The molecule has 1 heterocycles. The van der Waals surface area contributed by atoms with Crippen molar-refractivity contribution in [2.45, 2.75) is 38.7 Å². The first-order valence-corrected chi connectivity index (χ1v) is 9.34.